The third-order valence-corrected chi connectivity index (χ3v) is 5.97. The maximum absolute atomic E-state index is 10.9. The highest BCUT2D eigenvalue weighted by Crippen LogP contribution is 2.36. The molecule has 1 saturated carbocycles. The zero-order chi connectivity index (χ0) is 14.9. The van der Waals surface area contributed by atoms with E-state index in [1.165, 1.54) is 6.42 Å². The summed E-state index contributed by atoms with van der Waals surface area (Å²) in [5.74, 6) is 0.987. The standard InChI is InChI=1S/C17H31NO3/c1-13-4-7-17(20,8-5-13)12-18-9-2-3-15(18)14-11-21-10-6-16(14)19/h13-16,19-20H,2-12H2,1H3/t13?,14-,15+,16-,17?/m0/s1. The molecule has 4 heteroatoms. The van der Waals surface area contributed by atoms with Crippen molar-refractivity contribution in [1.29, 1.82) is 0 Å². The number of aliphatic hydroxyl groups excluding tert-OH is 1. The molecule has 2 N–H and O–H groups in total. The van der Waals surface area contributed by atoms with Gasteiger partial charge in [-0.05, 0) is 57.4 Å². The topological polar surface area (TPSA) is 52.9 Å². The molecule has 3 aliphatic rings. The Bertz CT molecular complexity index is 341. The quantitative estimate of drug-likeness (QED) is 0.834. The third kappa shape index (κ3) is 3.61. The second-order valence-electron chi connectivity index (χ2n) is 7.68. The van der Waals surface area contributed by atoms with E-state index in [0.717, 1.165) is 57.5 Å². The first-order valence-electron chi connectivity index (χ1n) is 8.80. The number of aliphatic hydroxyl groups is 2. The fourth-order valence-corrected chi connectivity index (χ4v) is 4.48. The predicted molar refractivity (Wildman–Crippen MR) is 82.1 cm³/mol. The molecule has 3 atom stereocenters. The molecule has 0 amide bonds. The van der Waals surface area contributed by atoms with Crippen molar-refractivity contribution in [2.75, 3.05) is 26.3 Å². The first kappa shape index (κ1) is 15.7. The number of hydrogen-bond acceptors (Lipinski definition) is 4. The van der Waals surface area contributed by atoms with Gasteiger partial charge in [-0.3, -0.25) is 4.90 Å². The Morgan fingerprint density at radius 1 is 1.19 bits per heavy atom. The number of nitrogens with zero attached hydrogens (tertiary/aromatic N) is 1. The molecule has 2 saturated heterocycles. The average Bonchev–Trinajstić information content (AvgIpc) is 2.91. The summed E-state index contributed by atoms with van der Waals surface area (Å²) in [5.41, 5.74) is -0.504. The fraction of sp³-hybridized carbons (Fsp3) is 1.00. The van der Waals surface area contributed by atoms with E-state index in [-0.39, 0.29) is 12.0 Å². The van der Waals surface area contributed by atoms with Crippen molar-refractivity contribution in [3.63, 3.8) is 0 Å². The van der Waals surface area contributed by atoms with Crippen molar-refractivity contribution in [3.8, 4) is 0 Å². The summed E-state index contributed by atoms with van der Waals surface area (Å²) in [6, 6.07) is 0.392. The SMILES string of the molecule is CC1CCC(O)(CN2CCC[C@@H]2[C@@H]2COCC[C@@H]2O)CC1. The van der Waals surface area contributed by atoms with Crippen molar-refractivity contribution >= 4 is 0 Å². The van der Waals surface area contributed by atoms with Crippen LogP contribution in [0.5, 0.6) is 0 Å². The maximum Gasteiger partial charge on any atom is 0.0774 e. The van der Waals surface area contributed by atoms with E-state index in [1.54, 1.807) is 0 Å². The van der Waals surface area contributed by atoms with Gasteiger partial charge in [0.15, 0.2) is 0 Å². The molecular formula is C17H31NO3. The summed E-state index contributed by atoms with van der Waals surface area (Å²) in [6.45, 7) is 5.50. The molecule has 122 valence electrons. The molecule has 2 aliphatic heterocycles. The molecule has 21 heavy (non-hydrogen) atoms. The van der Waals surface area contributed by atoms with Crippen LogP contribution in [0.25, 0.3) is 0 Å². The molecule has 3 fully saturated rings. The molecule has 1 aliphatic carbocycles. The highest BCUT2D eigenvalue weighted by molar-refractivity contribution is 4.95. The van der Waals surface area contributed by atoms with Crippen molar-refractivity contribution in [3.05, 3.63) is 0 Å². The smallest absolute Gasteiger partial charge is 0.0774 e. The molecule has 3 rings (SSSR count). The van der Waals surface area contributed by atoms with Crippen LogP contribution in [0.15, 0.2) is 0 Å². The Morgan fingerprint density at radius 2 is 1.95 bits per heavy atom. The van der Waals surface area contributed by atoms with E-state index >= 15 is 0 Å². The minimum atomic E-state index is -0.504. The predicted octanol–water partition coefficient (Wildman–Crippen LogP) is 1.79. The van der Waals surface area contributed by atoms with E-state index in [1.807, 2.05) is 0 Å². The number of hydrogen-bond donors (Lipinski definition) is 2. The van der Waals surface area contributed by atoms with Crippen LogP contribution >= 0.6 is 0 Å². The molecule has 4 nitrogen and oxygen atoms in total. The van der Waals surface area contributed by atoms with Gasteiger partial charge in [0.05, 0.1) is 18.3 Å². The molecule has 0 aromatic heterocycles. The molecular weight excluding hydrogens is 266 g/mol. The van der Waals surface area contributed by atoms with E-state index in [9.17, 15) is 10.2 Å². The number of ether oxygens (including phenoxy) is 1. The number of β-amino-alcohol motifs (C(OH)–C–C–N with tert-alkyl or cyclic N) is 1. The van der Waals surface area contributed by atoms with Gasteiger partial charge in [-0.25, -0.2) is 0 Å². The van der Waals surface area contributed by atoms with Crippen LogP contribution in [0.3, 0.4) is 0 Å². The summed E-state index contributed by atoms with van der Waals surface area (Å²) in [7, 11) is 0. The van der Waals surface area contributed by atoms with Crippen LogP contribution in [0.1, 0.15) is 51.9 Å². The normalized spacial score (nSPS) is 45.9. The largest absolute Gasteiger partial charge is 0.393 e. The molecule has 0 spiro atoms. The van der Waals surface area contributed by atoms with Gasteiger partial charge in [0.1, 0.15) is 0 Å². The molecule has 0 aromatic rings. The summed E-state index contributed by atoms with van der Waals surface area (Å²) in [5, 5.41) is 21.2. The maximum atomic E-state index is 10.9. The summed E-state index contributed by atoms with van der Waals surface area (Å²) in [6.07, 6.45) is 7.00. The molecule has 2 heterocycles. The Morgan fingerprint density at radius 3 is 2.67 bits per heavy atom. The second kappa shape index (κ2) is 6.53. The Labute approximate surface area is 128 Å². The van der Waals surface area contributed by atoms with Gasteiger partial charge in [0.2, 0.25) is 0 Å². The van der Waals surface area contributed by atoms with Crippen LogP contribution in [-0.2, 0) is 4.74 Å². The lowest BCUT2D eigenvalue weighted by atomic mass is 9.79. The van der Waals surface area contributed by atoms with E-state index in [4.69, 9.17) is 4.74 Å². The van der Waals surface area contributed by atoms with Crippen molar-refractivity contribution in [2.45, 2.75) is 69.6 Å². The highest BCUT2D eigenvalue weighted by Gasteiger charge is 2.41. The van der Waals surface area contributed by atoms with Crippen LogP contribution in [0.4, 0.5) is 0 Å². The molecule has 0 bridgehead atoms. The Hall–Kier alpha value is -0.160. The highest BCUT2D eigenvalue weighted by atomic mass is 16.5. The summed E-state index contributed by atoms with van der Waals surface area (Å²) < 4.78 is 5.59. The van der Waals surface area contributed by atoms with Gasteiger partial charge in [0.25, 0.3) is 0 Å². The molecule has 0 radical (unpaired) electrons. The minimum Gasteiger partial charge on any atom is -0.393 e. The summed E-state index contributed by atoms with van der Waals surface area (Å²) in [4.78, 5) is 2.44. The van der Waals surface area contributed by atoms with Crippen molar-refractivity contribution in [2.24, 2.45) is 11.8 Å². The number of likely N-dealkylation sites (tertiary alicyclic amines) is 1. The van der Waals surface area contributed by atoms with E-state index in [2.05, 4.69) is 11.8 Å². The van der Waals surface area contributed by atoms with Crippen LogP contribution in [0, 0.1) is 11.8 Å². The third-order valence-electron chi connectivity index (χ3n) is 5.97. The van der Waals surface area contributed by atoms with Gasteiger partial charge in [0, 0.05) is 25.1 Å². The first-order chi connectivity index (χ1) is 10.1. The zero-order valence-electron chi connectivity index (χ0n) is 13.3. The summed E-state index contributed by atoms with van der Waals surface area (Å²) >= 11 is 0. The first-order valence-corrected chi connectivity index (χ1v) is 8.80. The lowest BCUT2D eigenvalue weighted by Crippen LogP contribution is -2.52. The van der Waals surface area contributed by atoms with Gasteiger partial charge in [-0.15, -0.1) is 0 Å². The average molecular weight is 297 g/mol. The van der Waals surface area contributed by atoms with E-state index < -0.39 is 5.60 Å². The fourth-order valence-electron chi connectivity index (χ4n) is 4.48. The van der Waals surface area contributed by atoms with Gasteiger partial charge in [-0.2, -0.15) is 0 Å². The van der Waals surface area contributed by atoms with Crippen molar-refractivity contribution in [1.82, 2.24) is 4.90 Å². The Kier molecular flexibility index (Phi) is 4.89. The van der Waals surface area contributed by atoms with Crippen LogP contribution in [0.2, 0.25) is 0 Å². The Balaban J connectivity index is 1.61. The lowest BCUT2D eigenvalue weighted by Gasteiger charge is -2.42. The number of rotatable bonds is 3. The van der Waals surface area contributed by atoms with E-state index in [0.29, 0.717) is 19.3 Å². The second-order valence-corrected chi connectivity index (χ2v) is 7.68. The van der Waals surface area contributed by atoms with Gasteiger partial charge < -0.3 is 14.9 Å². The lowest BCUT2D eigenvalue weighted by molar-refractivity contribution is -0.0827. The monoisotopic (exact) mass is 297 g/mol. The van der Waals surface area contributed by atoms with Gasteiger partial charge >= 0.3 is 0 Å². The van der Waals surface area contributed by atoms with Crippen molar-refractivity contribution < 1.29 is 14.9 Å². The van der Waals surface area contributed by atoms with Crippen LogP contribution in [-0.4, -0.2) is 59.2 Å². The minimum absolute atomic E-state index is 0.229. The molecule has 0 unspecified atom stereocenters. The van der Waals surface area contributed by atoms with Crippen LogP contribution < -0.4 is 0 Å². The zero-order valence-corrected chi connectivity index (χ0v) is 13.3. The molecule has 0 aromatic carbocycles. The van der Waals surface area contributed by atoms with Gasteiger partial charge in [-0.1, -0.05) is 6.92 Å².